The number of ether oxygens (including phenoxy) is 1. The van der Waals surface area contributed by atoms with Crippen LogP contribution in [0.5, 0.6) is 0 Å². The quantitative estimate of drug-likeness (QED) is 0.548. The van der Waals surface area contributed by atoms with E-state index in [1.165, 1.54) is 0 Å². The molecule has 0 saturated carbocycles. The first-order chi connectivity index (χ1) is 12.7. The van der Waals surface area contributed by atoms with Gasteiger partial charge in [0.2, 0.25) is 0 Å². The lowest BCUT2D eigenvalue weighted by atomic mass is 9.87. The second-order valence-corrected chi connectivity index (χ2v) is 9.98. The Morgan fingerprint density at radius 2 is 1.93 bits per heavy atom. The predicted molar refractivity (Wildman–Crippen MR) is 110 cm³/mol. The molecular weight excluding hydrogens is 362 g/mol. The van der Waals surface area contributed by atoms with Gasteiger partial charge in [-0.15, -0.1) is 0 Å². The fraction of sp³-hybridized carbons (Fsp3) is 0.650. The zero-order valence-corrected chi connectivity index (χ0v) is 17.7. The maximum Gasteiger partial charge on any atom is 0.191 e. The van der Waals surface area contributed by atoms with E-state index in [1.54, 1.807) is 12.1 Å². The number of hydrogen-bond donors (Lipinski definition) is 2. The lowest BCUT2D eigenvalue weighted by Crippen LogP contribution is -2.40. The van der Waals surface area contributed by atoms with Crippen LogP contribution in [0.3, 0.4) is 0 Å². The third-order valence-electron chi connectivity index (χ3n) is 4.56. The minimum atomic E-state index is -3.33. The van der Waals surface area contributed by atoms with Crippen molar-refractivity contribution >= 4 is 15.8 Å². The Labute approximate surface area is 163 Å². The Hall–Kier alpha value is -1.60. The topological polar surface area (TPSA) is 79.8 Å². The van der Waals surface area contributed by atoms with Crippen molar-refractivity contribution in [3.05, 3.63) is 29.8 Å². The van der Waals surface area contributed by atoms with Crippen molar-refractivity contribution in [2.75, 3.05) is 32.0 Å². The zero-order chi connectivity index (χ0) is 19.9. The highest BCUT2D eigenvalue weighted by Crippen LogP contribution is 2.23. The molecule has 0 aliphatic carbocycles. The zero-order valence-electron chi connectivity index (χ0n) is 16.9. The fourth-order valence-corrected chi connectivity index (χ4v) is 4.06. The van der Waals surface area contributed by atoms with E-state index in [1.807, 2.05) is 19.1 Å². The molecule has 1 aliphatic heterocycles. The van der Waals surface area contributed by atoms with Crippen LogP contribution in [-0.2, 0) is 20.0 Å². The third kappa shape index (κ3) is 6.81. The summed E-state index contributed by atoms with van der Waals surface area (Å²) < 4.78 is 30.7. The molecule has 6 nitrogen and oxygen atoms in total. The summed E-state index contributed by atoms with van der Waals surface area (Å²) in [5.74, 6) is 0.651. The highest BCUT2D eigenvalue weighted by Gasteiger charge is 2.18. The third-order valence-corrected chi connectivity index (χ3v) is 6.30. The summed E-state index contributed by atoms with van der Waals surface area (Å²) in [4.78, 5) is 4.86. The minimum absolute atomic E-state index is 0.00403. The SMILES string of the molecule is CCNC(=NCC1CCCO1)NCCS(=O)(=O)c1ccc(C(C)(C)C)cc1. The van der Waals surface area contributed by atoms with Crippen LogP contribution < -0.4 is 10.6 Å². The van der Waals surface area contributed by atoms with E-state index in [-0.39, 0.29) is 17.3 Å². The number of nitrogens with one attached hydrogen (secondary N) is 2. The molecule has 1 heterocycles. The monoisotopic (exact) mass is 395 g/mol. The molecule has 27 heavy (non-hydrogen) atoms. The summed E-state index contributed by atoms with van der Waals surface area (Å²) in [6.45, 7) is 10.7. The highest BCUT2D eigenvalue weighted by molar-refractivity contribution is 7.91. The Bertz CT molecular complexity index is 716. The van der Waals surface area contributed by atoms with Gasteiger partial charge in [-0.1, -0.05) is 32.9 Å². The molecule has 2 rings (SSSR count). The van der Waals surface area contributed by atoms with Gasteiger partial charge in [-0.05, 0) is 42.9 Å². The molecule has 1 saturated heterocycles. The molecule has 0 radical (unpaired) electrons. The van der Waals surface area contributed by atoms with Gasteiger partial charge in [0.05, 0.1) is 23.3 Å². The molecular formula is C20H33N3O3S. The van der Waals surface area contributed by atoms with E-state index in [2.05, 4.69) is 36.4 Å². The normalized spacial score (nSPS) is 18.5. The van der Waals surface area contributed by atoms with Gasteiger partial charge < -0.3 is 15.4 Å². The molecule has 1 aromatic carbocycles. The van der Waals surface area contributed by atoms with Crippen molar-refractivity contribution in [3.8, 4) is 0 Å². The number of benzene rings is 1. The van der Waals surface area contributed by atoms with E-state index in [0.717, 1.165) is 31.6 Å². The Balaban J connectivity index is 1.91. The fourth-order valence-electron chi connectivity index (χ4n) is 2.91. The van der Waals surface area contributed by atoms with Gasteiger partial charge in [0, 0.05) is 19.7 Å². The molecule has 1 aliphatic rings. The van der Waals surface area contributed by atoms with Crippen LogP contribution in [-0.4, -0.2) is 52.5 Å². The van der Waals surface area contributed by atoms with E-state index in [4.69, 9.17) is 4.74 Å². The molecule has 0 bridgehead atoms. The van der Waals surface area contributed by atoms with Crippen LogP contribution in [0.1, 0.15) is 46.1 Å². The van der Waals surface area contributed by atoms with Crippen LogP contribution in [0.25, 0.3) is 0 Å². The highest BCUT2D eigenvalue weighted by atomic mass is 32.2. The molecule has 0 spiro atoms. The molecule has 1 atom stereocenters. The van der Waals surface area contributed by atoms with E-state index >= 15 is 0 Å². The van der Waals surface area contributed by atoms with Crippen LogP contribution in [0.15, 0.2) is 34.2 Å². The van der Waals surface area contributed by atoms with Crippen LogP contribution >= 0.6 is 0 Å². The molecule has 1 fully saturated rings. The van der Waals surface area contributed by atoms with Crippen LogP contribution in [0, 0.1) is 0 Å². The average molecular weight is 396 g/mol. The van der Waals surface area contributed by atoms with Crippen molar-refractivity contribution in [2.24, 2.45) is 4.99 Å². The molecule has 7 heteroatoms. The van der Waals surface area contributed by atoms with Crippen molar-refractivity contribution in [2.45, 2.75) is 57.0 Å². The molecule has 0 aromatic heterocycles. The van der Waals surface area contributed by atoms with E-state index < -0.39 is 9.84 Å². The molecule has 1 aromatic rings. The number of hydrogen-bond acceptors (Lipinski definition) is 4. The van der Waals surface area contributed by atoms with E-state index in [9.17, 15) is 8.42 Å². The smallest absolute Gasteiger partial charge is 0.191 e. The van der Waals surface area contributed by atoms with Crippen molar-refractivity contribution in [1.29, 1.82) is 0 Å². The standard InChI is InChI=1S/C20H33N3O3S/c1-5-21-19(23-15-17-7-6-13-26-17)22-12-14-27(24,25)18-10-8-16(9-11-18)20(2,3)4/h8-11,17H,5-7,12-15H2,1-4H3,(H2,21,22,23). The first-order valence-corrected chi connectivity index (χ1v) is 11.3. The van der Waals surface area contributed by atoms with Gasteiger partial charge in [-0.25, -0.2) is 8.42 Å². The van der Waals surface area contributed by atoms with Gasteiger partial charge in [0.25, 0.3) is 0 Å². The van der Waals surface area contributed by atoms with Gasteiger partial charge in [-0.2, -0.15) is 0 Å². The second kappa shape index (κ2) is 9.55. The molecule has 1 unspecified atom stereocenters. The van der Waals surface area contributed by atoms with Crippen molar-refractivity contribution in [3.63, 3.8) is 0 Å². The average Bonchev–Trinajstić information content (AvgIpc) is 3.12. The first kappa shape index (κ1) is 21.7. The lowest BCUT2D eigenvalue weighted by Gasteiger charge is -2.19. The number of nitrogens with zero attached hydrogens (tertiary/aromatic N) is 1. The van der Waals surface area contributed by atoms with Crippen LogP contribution in [0.2, 0.25) is 0 Å². The number of rotatable bonds is 7. The van der Waals surface area contributed by atoms with E-state index in [0.29, 0.717) is 23.9 Å². The summed E-state index contributed by atoms with van der Waals surface area (Å²) in [5, 5.41) is 6.26. The largest absolute Gasteiger partial charge is 0.376 e. The maximum atomic E-state index is 12.6. The Kier molecular flexibility index (Phi) is 7.68. The Morgan fingerprint density at radius 3 is 2.48 bits per heavy atom. The summed E-state index contributed by atoms with van der Waals surface area (Å²) in [6, 6.07) is 7.19. The van der Waals surface area contributed by atoms with Crippen LogP contribution in [0.4, 0.5) is 0 Å². The van der Waals surface area contributed by atoms with Crippen molar-refractivity contribution in [1.82, 2.24) is 10.6 Å². The molecule has 2 N–H and O–H groups in total. The Morgan fingerprint density at radius 1 is 1.22 bits per heavy atom. The molecule has 152 valence electrons. The summed E-state index contributed by atoms with van der Waals surface area (Å²) >= 11 is 0. The van der Waals surface area contributed by atoms with Crippen molar-refractivity contribution < 1.29 is 13.2 Å². The molecule has 0 amide bonds. The lowest BCUT2D eigenvalue weighted by molar-refractivity contribution is 0.117. The number of guanidine groups is 1. The number of aliphatic imine (C=N–C) groups is 1. The minimum Gasteiger partial charge on any atom is -0.376 e. The summed E-state index contributed by atoms with van der Waals surface area (Å²) in [5.41, 5.74) is 1.12. The van der Waals surface area contributed by atoms with Gasteiger partial charge in [0.15, 0.2) is 15.8 Å². The maximum absolute atomic E-state index is 12.6. The second-order valence-electron chi connectivity index (χ2n) is 7.87. The van der Waals surface area contributed by atoms with Gasteiger partial charge >= 0.3 is 0 Å². The number of sulfone groups is 1. The van der Waals surface area contributed by atoms with Gasteiger partial charge in [0.1, 0.15) is 0 Å². The van der Waals surface area contributed by atoms with Gasteiger partial charge in [-0.3, -0.25) is 4.99 Å². The first-order valence-electron chi connectivity index (χ1n) is 9.69. The predicted octanol–water partition coefficient (Wildman–Crippen LogP) is 2.49. The summed E-state index contributed by atoms with van der Waals surface area (Å²) in [7, 11) is -3.33. The summed E-state index contributed by atoms with van der Waals surface area (Å²) in [6.07, 6.45) is 2.28.